The molecule has 7 nitrogen and oxygen atoms in total. The smallest absolute Gasteiger partial charge is 0.311 e. The van der Waals surface area contributed by atoms with E-state index in [0.717, 1.165) is 0 Å². The average Bonchev–Trinajstić information content (AvgIpc) is 2.44. The van der Waals surface area contributed by atoms with Crippen LogP contribution >= 0.6 is 15.9 Å². The molecule has 1 rings (SSSR count). The number of hydrogen-bond donors (Lipinski definition) is 1. The molecular formula is C12H15BrN2O5. The fraction of sp³-hybridized carbons (Fsp3) is 0.417. The van der Waals surface area contributed by atoms with Crippen molar-refractivity contribution in [3.63, 3.8) is 0 Å². The van der Waals surface area contributed by atoms with Gasteiger partial charge in [0.05, 0.1) is 23.5 Å². The summed E-state index contributed by atoms with van der Waals surface area (Å²) in [6, 6.07) is 4.06. The van der Waals surface area contributed by atoms with E-state index in [1.54, 1.807) is 7.11 Å². The van der Waals surface area contributed by atoms with E-state index in [-0.39, 0.29) is 21.8 Å². The molecule has 1 atom stereocenters. The van der Waals surface area contributed by atoms with Gasteiger partial charge in [0.2, 0.25) is 0 Å². The van der Waals surface area contributed by atoms with E-state index in [2.05, 4.69) is 21.2 Å². The highest BCUT2D eigenvalue weighted by Crippen LogP contribution is 2.27. The summed E-state index contributed by atoms with van der Waals surface area (Å²) in [6.45, 7) is 0.801. The molecule has 0 aliphatic carbocycles. The second-order valence-electron chi connectivity index (χ2n) is 3.91. The van der Waals surface area contributed by atoms with Crippen LogP contribution in [0.2, 0.25) is 0 Å². The molecule has 0 aromatic heterocycles. The van der Waals surface area contributed by atoms with Crippen LogP contribution in [-0.4, -0.2) is 43.0 Å². The van der Waals surface area contributed by atoms with Crippen LogP contribution in [-0.2, 0) is 4.74 Å². The van der Waals surface area contributed by atoms with Gasteiger partial charge in [-0.05, 0) is 12.1 Å². The Morgan fingerprint density at radius 1 is 1.50 bits per heavy atom. The number of rotatable bonds is 7. The highest BCUT2D eigenvalue weighted by molar-refractivity contribution is 9.09. The fourth-order valence-corrected chi connectivity index (χ4v) is 1.95. The summed E-state index contributed by atoms with van der Waals surface area (Å²) >= 11 is 3.33. The zero-order chi connectivity index (χ0) is 15.1. The van der Waals surface area contributed by atoms with Crippen molar-refractivity contribution in [3.05, 3.63) is 33.9 Å². The van der Waals surface area contributed by atoms with Gasteiger partial charge in [-0.15, -0.1) is 0 Å². The number of hydrogen-bond acceptors (Lipinski definition) is 5. The Labute approximate surface area is 124 Å². The number of nitro groups is 1. The minimum Gasteiger partial charge on any atom is -0.490 e. The number of nitrogens with zero attached hydrogens (tertiary/aromatic N) is 1. The third-order valence-corrected chi connectivity index (χ3v) is 3.06. The molecule has 0 saturated heterocycles. The molecule has 0 spiro atoms. The molecule has 0 heterocycles. The van der Waals surface area contributed by atoms with Gasteiger partial charge in [-0.3, -0.25) is 14.9 Å². The van der Waals surface area contributed by atoms with Crippen molar-refractivity contribution in [2.45, 2.75) is 4.83 Å². The van der Waals surface area contributed by atoms with Gasteiger partial charge in [-0.25, -0.2) is 0 Å². The maximum atomic E-state index is 11.9. The molecule has 0 aliphatic heterocycles. The third-order valence-electron chi connectivity index (χ3n) is 2.47. The van der Waals surface area contributed by atoms with Crippen LogP contribution in [0.4, 0.5) is 5.69 Å². The van der Waals surface area contributed by atoms with Crippen molar-refractivity contribution >= 4 is 27.5 Å². The number of carbonyl (C=O) groups is 1. The molecule has 0 radical (unpaired) electrons. The second-order valence-corrected chi connectivity index (χ2v) is 5.20. The van der Waals surface area contributed by atoms with Gasteiger partial charge in [-0.2, -0.15) is 0 Å². The summed E-state index contributed by atoms with van der Waals surface area (Å²) in [5, 5.41) is 13.5. The maximum absolute atomic E-state index is 11.9. The van der Waals surface area contributed by atoms with Crippen molar-refractivity contribution in [2.24, 2.45) is 0 Å². The predicted octanol–water partition coefficient (Wildman–Crippen LogP) is 1.74. The van der Waals surface area contributed by atoms with Crippen LogP contribution < -0.4 is 10.1 Å². The standard InChI is InChI=1S/C12H15BrN2O5/c1-19-7-9(13)6-14-12(16)8-3-4-11(20-2)10(5-8)15(17)18/h3-5,9H,6-7H2,1-2H3,(H,14,16). The highest BCUT2D eigenvalue weighted by Gasteiger charge is 2.18. The van der Waals surface area contributed by atoms with Gasteiger partial charge in [-0.1, -0.05) is 15.9 Å². The Morgan fingerprint density at radius 3 is 2.75 bits per heavy atom. The van der Waals surface area contributed by atoms with Crippen LogP contribution in [0.5, 0.6) is 5.75 Å². The normalized spacial score (nSPS) is 11.8. The summed E-state index contributed by atoms with van der Waals surface area (Å²) in [5.41, 5.74) is -0.0398. The number of nitrogens with one attached hydrogen (secondary N) is 1. The second kappa shape index (κ2) is 7.81. The predicted molar refractivity (Wildman–Crippen MR) is 76.6 cm³/mol. The van der Waals surface area contributed by atoms with Crippen LogP contribution in [0.3, 0.4) is 0 Å². The van der Waals surface area contributed by atoms with Gasteiger partial charge >= 0.3 is 5.69 Å². The molecule has 1 N–H and O–H groups in total. The monoisotopic (exact) mass is 346 g/mol. The number of methoxy groups -OCH3 is 2. The van der Waals surface area contributed by atoms with Gasteiger partial charge in [0, 0.05) is 25.3 Å². The van der Waals surface area contributed by atoms with E-state index in [9.17, 15) is 14.9 Å². The Hall–Kier alpha value is -1.67. The summed E-state index contributed by atoms with van der Waals surface area (Å²) in [6.07, 6.45) is 0. The first-order valence-electron chi connectivity index (χ1n) is 5.73. The van der Waals surface area contributed by atoms with E-state index in [1.807, 2.05) is 0 Å². The number of nitro benzene ring substituents is 1. The molecule has 0 fully saturated rings. The van der Waals surface area contributed by atoms with Crippen molar-refractivity contribution in [3.8, 4) is 5.75 Å². The van der Waals surface area contributed by atoms with Gasteiger partial charge in [0.1, 0.15) is 0 Å². The van der Waals surface area contributed by atoms with E-state index < -0.39 is 10.8 Å². The van der Waals surface area contributed by atoms with E-state index in [1.165, 1.54) is 25.3 Å². The van der Waals surface area contributed by atoms with Crippen molar-refractivity contribution < 1.29 is 19.2 Å². The Balaban J connectivity index is 2.78. The van der Waals surface area contributed by atoms with Crippen molar-refractivity contribution in [1.82, 2.24) is 5.32 Å². The maximum Gasteiger partial charge on any atom is 0.311 e. The highest BCUT2D eigenvalue weighted by atomic mass is 79.9. The zero-order valence-electron chi connectivity index (χ0n) is 11.1. The lowest BCUT2D eigenvalue weighted by atomic mass is 10.1. The number of benzene rings is 1. The van der Waals surface area contributed by atoms with E-state index >= 15 is 0 Å². The number of ether oxygens (including phenoxy) is 2. The minimum absolute atomic E-state index is 0.0234. The molecule has 1 unspecified atom stereocenters. The molecule has 8 heteroatoms. The molecule has 110 valence electrons. The minimum atomic E-state index is -0.589. The van der Waals surface area contributed by atoms with Crippen molar-refractivity contribution in [1.29, 1.82) is 0 Å². The fourth-order valence-electron chi connectivity index (χ4n) is 1.52. The molecular weight excluding hydrogens is 332 g/mol. The van der Waals surface area contributed by atoms with Gasteiger partial charge in [0.25, 0.3) is 5.91 Å². The van der Waals surface area contributed by atoms with Gasteiger partial charge < -0.3 is 14.8 Å². The molecule has 1 aromatic rings. The molecule has 1 amide bonds. The quantitative estimate of drug-likeness (QED) is 0.461. The number of halogens is 1. The largest absolute Gasteiger partial charge is 0.490 e. The SMILES string of the molecule is COCC(Br)CNC(=O)c1ccc(OC)c([N+](=O)[O-])c1. The Bertz CT molecular complexity index is 495. The third kappa shape index (κ3) is 4.46. The lowest BCUT2D eigenvalue weighted by Crippen LogP contribution is -2.31. The lowest BCUT2D eigenvalue weighted by molar-refractivity contribution is -0.385. The van der Waals surface area contributed by atoms with Crippen molar-refractivity contribution in [2.75, 3.05) is 27.4 Å². The zero-order valence-corrected chi connectivity index (χ0v) is 12.7. The number of amides is 1. The van der Waals surface area contributed by atoms with Crippen LogP contribution in [0, 0.1) is 10.1 Å². The van der Waals surface area contributed by atoms with Crippen LogP contribution in [0.25, 0.3) is 0 Å². The average molecular weight is 347 g/mol. The molecule has 0 aliphatic rings. The molecule has 0 saturated carbocycles. The first kappa shape index (κ1) is 16.4. The molecule has 0 bridgehead atoms. The summed E-state index contributed by atoms with van der Waals surface area (Å²) < 4.78 is 9.79. The van der Waals surface area contributed by atoms with Crippen LogP contribution in [0.15, 0.2) is 18.2 Å². The lowest BCUT2D eigenvalue weighted by Gasteiger charge is -2.10. The van der Waals surface area contributed by atoms with Gasteiger partial charge in [0.15, 0.2) is 5.75 Å². The van der Waals surface area contributed by atoms with E-state index in [0.29, 0.717) is 13.2 Å². The Morgan fingerprint density at radius 2 is 2.20 bits per heavy atom. The first-order chi connectivity index (χ1) is 9.49. The summed E-state index contributed by atoms with van der Waals surface area (Å²) in [5.74, 6) is -0.277. The molecule has 20 heavy (non-hydrogen) atoms. The first-order valence-corrected chi connectivity index (χ1v) is 6.64. The topological polar surface area (TPSA) is 90.7 Å². The summed E-state index contributed by atoms with van der Waals surface area (Å²) in [4.78, 5) is 22.2. The number of carbonyl (C=O) groups excluding carboxylic acids is 1. The van der Waals surface area contributed by atoms with E-state index in [4.69, 9.17) is 9.47 Å². The summed E-state index contributed by atoms with van der Waals surface area (Å²) in [7, 11) is 2.89. The Kier molecular flexibility index (Phi) is 6.40. The number of alkyl halides is 1. The molecule has 1 aromatic carbocycles. The van der Waals surface area contributed by atoms with Crippen LogP contribution in [0.1, 0.15) is 10.4 Å².